The van der Waals surface area contributed by atoms with Crippen LogP contribution < -0.4 is 0 Å². The van der Waals surface area contributed by atoms with Crippen molar-refractivity contribution < 1.29 is 5.11 Å². The molecule has 1 aromatic rings. The van der Waals surface area contributed by atoms with E-state index in [9.17, 15) is 0 Å². The Balaban J connectivity index is 2.43. The molecule has 0 radical (unpaired) electrons. The van der Waals surface area contributed by atoms with Gasteiger partial charge < -0.3 is 5.11 Å². The van der Waals surface area contributed by atoms with E-state index in [-0.39, 0.29) is 6.61 Å². The molecule has 0 unspecified atom stereocenters. The summed E-state index contributed by atoms with van der Waals surface area (Å²) in [5.74, 6) is 0.900. The smallest absolute Gasteiger partial charge is 0.0558 e. The van der Waals surface area contributed by atoms with Crippen LogP contribution >= 0.6 is 12.6 Å². The van der Waals surface area contributed by atoms with E-state index < -0.39 is 0 Å². The summed E-state index contributed by atoms with van der Waals surface area (Å²) in [5, 5.41) is 8.95. The van der Waals surface area contributed by atoms with E-state index >= 15 is 0 Å². The van der Waals surface area contributed by atoms with Gasteiger partial charge in [0.15, 0.2) is 0 Å². The molecule has 3 heteroatoms. The predicted molar refractivity (Wildman–Crippen MR) is 67.3 cm³/mol. The fourth-order valence-corrected chi connectivity index (χ4v) is 1.69. The Labute approximate surface area is 97.3 Å². The minimum Gasteiger partial charge on any atom is -0.395 e. The van der Waals surface area contributed by atoms with Gasteiger partial charge in [0.05, 0.1) is 6.61 Å². The molecule has 0 fully saturated rings. The van der Waals surface area contributed by atoms with Gasteiger partial charge in [-0.1, -0.05) is 30.3 Å². The standard InChI is InChI=1S/C12H19NOS/c14-9-8-13(7-4-10-15)11-12-5-2-1-3-6-12/h1-3,5-6,14-15H,4,7-11H2. The molecule has 0 saturated heterocycles. The molecule has 84 valence electrons. The van der Waals surface area contributed by atoms with Crippen LogP contribution in [0.4, 0.5) is 0 Å². The largest absolute Gasteiger partial charge is 0.395 e. The third-order valence-corrected chi connectivity index (χ3v) is 2.61. The molecule has 0 aliphatic heterocycles. The van der Waals surface area contributed by atoms with Gasteiger partial charge in [0.1, 0.15) is 0 Å². The maximum absolute atomic E-state index is 8.95. The van der Waals surface area contributed by atoms with Crippen LogP contribution in [0, 0.1) is 0 Å². The third-order valence-electron chi connectivity index (χ3n) is 2.30. The Bertz CT molecular complexity index is 253. The number of nitrogens with zero attached hydrogens (tertiary/aromatic N) is 1. The van der Waals surface area contributed by atoms with Gasteiger partial charge in [-0.05, 0) is 24.3 Å². The summed E-state index contributed by atoms with van der Waals surface area (Å²) in [4.78, 5) is 2.26. The lowest BCUT2D eigenvalue weighted by Gasteiger charge is -2.20. The van der Waals surface area contributed by atoms with E-state index in [0.717, 1.165) is 31.8 Å². The molecule has 0 aliphatic rings. The van der Waals surface area contributed by atoms with Gasteiger partial charge in [0.2, 0.25) is 0 Å². The second-order valence-corrected chi connectivity index (χ2v) is 4.01. The third kappa shape index (κ3) is 5.21. The summed E-state index contributed by atoms with van der Waals surface area (Å²) in [6.45, 7) is 2.87. The zero-order chi connectivity index (χ0) is 10.9. The van der Waals surface area contributed by atoms with Crippen LogP contribution in [-0.2, 0) is 6.54 Å². The SMILES string of the molecule is OCCN(CCCS)Cc1ccccc1. The van der Waals surface area contributed by atoms with Crippen LogP contribution in [0.3, 0.4) is 0 Å². The lowest BCUT2D eigenvalue weighted by molar-refractivity contribution is 0.191. The molecule has 2 nitrogen and oxygen atoms in total. The summed E-state index contributed by atoms with van der Waals surface area (Å²) in [5.41, 5.74) is 1.30. The molecule has 1 N–H and O–H groups in total. The average Bonchev–Trinajstić information content (AvgIpc) is 2.28. The molecule has 0 aromatic heterocycles. The van der Waals surface area contributed by atoms with E-state index in [1.165, 1.54) is 5.56 Å². The first-order valence-corrected chi connectivity index (χ1v) is 5.98. The molecule has 0 spiro atoms. The van der Waals surface area contributed by atoms with Gasteiger partial charge in [-0.3, -0.25) is 4.90 Å². The minimum absolute atomic E-state index is 0.222. The second-order valence-electron chi connectivity index (χ2n) is 3.56. The molecule has 0 saturated carbocycles. The van der Waals surface area contributed by atoms with Crippen molar-refractivity contribution in [2.75, 3.05) is 25.4 Å². The number of hydrogen-bond donors (Lipinski definition) is 2. The maximum Gasteiger partial charge on any atom is 0.0558 e. The van der Waals surface area contributed by atoms with Gasteiger partial charge >= 0.3 is 0 Å². The molecule has 0 amide bonds. The van der Waals surface area contributed by atoms with Crippen LogP contribution in [0.15, 0.2) is 30.3 Å². The summed E-state index contributed by atoms with van der Waals surface area (Å²) in [7, 11) is 0. The molecule has 1 aromatic carbocycles. The first-order valence-electron chi connectivity index (χ1n) is 5.35. The number of benzene rings is 1. The Morgan fingerprint density at radius 1 is 1.13 bits per heavy atom. The Hall–Kier alpha value is -0.510. The van der Waals surface area contributed by atoms with E-state index in [0.29, 0.717) is 0 Å². The van der Waals surface area contributed by atoms with Gasteiger partial charge in [-0.2, -0.15) is 12.6 Å². The number of hydrogen-bond acceptors (Lipinski definition) is 3. The second kappa shape index (κ2) is 7.74. The molecule has 0 bridgehead atoms. The molecule has 0 aliphatic carbocycles. The predicted octanol–water partition coefficient (Wildman–Crippen LogP) is 1.80. The van der Waals surface area contributed by atoms with E-state index in [4.69, 9.17) is 5.11 Å². The monoisotopic (exact) mass is 225 g/mol. The zero-order valence-corrected chi connectivity index (χ0v) is 9.87. The Kier molecular flexibility index (Phi) is 6.48. The summed E-state index contributed by atoms with van der Waals surface area (Å²) >= 11 is 4.20. The highest BCUT2D eigenvalue weighted by Gasteiger charge is 2.03. The quantitative estimate of drug-likeness (QED) is 0.691. The van der Waals surface area contributed by atoms with Gasteiger partial charge in [-0.15, -0.1) is 0 Å². The number of thiol groups is 1. The first-order chi connectivity index (χ1) is 7.36. The summed E-state index contributed by atoms with van der Waals surface area (Å²) in [6, 6.07) is 10.3. The zero-order valence-electron chi connectivity index (χ0n) is 8.97. The van der Waals surface area contributed by atoms with Crippen molar-refractivity contribution in [1.82, 2.24) is 4.90 Å². The summed E-state index contributed by atoms with van der Waals surface area (Å²) in [6.07, 6.45) is 1.07. The van der Waals surface area contributed by atoms with Crippen molar-refractivity contribution in [1.29, 1.82) is 0 Å². The Morgan fingerprint density at radius 2 is 1.87 bits per heavy atom. The number of aliphatic hydroxyl groups is 1. The number of aliphatic hydroxyl groups excluding tert-OH is 1. The normalized spacial score (nSPS) is 10.9. The van der Waals surface area contributed by atoms with E-state index in [1.54, 1.807) is 0 Å². The molecule has 15 heavy (non-hydrogen) atoms. The number of rotatable bonds is 7. The molecule has 0 atom stereocenters. The first kappa shape index (κ1) is 12.6. The van der Waals surface area contributed by atoms with E-state index in [1.807, 2.05) is 18.2 Å². The lowest BCUT2D eigenvalue weighted by atomic mass is 10.2. The van der Waals surface area contributed by atoms with Crippen LogP contribution in [0.2, 0.25) is 0 Å². The van der Waals surface area contributed by atoms with Gasteiger partial charge in [-0.25, -0.2) is 0 Å². The fourth-order valence-electron chi connectivity index (χ4n) is 1.55. The minimum atomic E-state index is 0.222. The Morgan fingerprint density at radius 3 is 2.47 bits per heavy atom. The average molecular weight is 225 g/mol. The highest BCUT2D eigenvalue weighted by Crippen LogP contribution is 2.04. The molecular formula is C12H19NOS. The fraction of sp³-hybridized carbons (Fsp3) is 0.500. The maximum atomic E-state index is 8.95. The molecule has 0 heterocycles. The van der Waals surface area contributed by atoms with Crippen LogP contribution in [0.5, 0.6) is 0 Å². The van der Waals surface area contributed by atoms with Crippen LogP contribution in [0.1, 0.15) is 12.0 Å². The van der Waals surface area contributed by atoms with Gasteiger partial charge in [0, 0.05) is 13.1 Å². The molecule has 1 rings (SSSR count). The summed E-state index contributed by atoms with van der Waals surface area (Å²) < 4.78 is 0. The molecular weight excluding hydrogens is 206 g/mol. The topological polar surface area (TPSA) is 23.5 Å². The van der Waals surface area contributed by atoms with Crippen molar-refractivity contribution in [3.05, 3.63) is 35.9 Å². The highest BCUT2D eigenvalue weighted by molar-refractivity contribution is 7.80. The van der Waals surface area contributed by atoms with Crippen molar-refractivity contribution in [3.8, 4) is 0 Å². The van der Waals surface area contributed by atoms with Crippen LogP contribution in [0.25, 0.3) is 0 Å². The highest BCUT2D eigenvalue weighted by atomic mass is 32.1. The lowest BCUT2D eigenvalue weighted by Crippen LogP contribution is -2.27. The van der Waals surface area contributed by atoms with Gasteiger partial charge in [0.25, 0.3) is 0 Å². The van der Waals surface area contributed by atoms with Crippen molar-refractivity contribution in [2.45, 2.75) is 13.0 Å². The van der Waals surface area contributed by atoms with Crippen molar-refractivity contribution in [3.63, 3.8) is 0 Å². The van der Waals surface area contributed by atoms with Crippen LogP contribution in [-0.4, -0.2) is 35.5 Å². The van der Waals surface area contributed by atoms with Crippen molar-refractivity contribution in [2.24, 2.45) is 0 Å². The van der Waals surface area contributed by atoms with Crippen molar-refractivity contribution >= 4 is 12.6 Å². The van der Waals surface area contributed by atoms with E-state index in [2.05, 4.69) is 29.7 Å².